The van der Waals surface area contributed by atoms with E-state index in [4.69, 9.17) is 0 Å². The van der Waals surface area contributed by atoms with Gasteiger partial charge < -0.3 is 0 Å². The van der Waals surface area contributed by atoms with E-state index in [0.29, 0.717) is 0 Å². The van der Waals surface area contributed by atoms with Crippen LogP contribution in [0.5, 0.6) is 0 Å². The zero-order valence-electron chi connectivity index (χ0n) is 26.9. The highest BCUT2D eigenvalue weighted by atomic mass is 14.0. The van der Waals surface area contributed by atoms with E-state index < -0.39 is 0 Å². The van der Waals surface area contributed by atoms with Gasteiger partial charge in [-0.3, -0.25) is 0 Å². The Hall–Kier alpha value is -0.520. The van der Waals surface area contributed by atoms with Crippen molar-refractivity contribution in [3.05, 3.63) is 24.3 Å². The van der Waals surface area contributed by atoms with Crippen LogP contribution < -0.4 is 0 Å². The zero-order chi connectivity index (χ0) is 27.5. The Kier molecular flexibility index (Phi) is 36.0. The van der Waals surface area contributed by atoms with Gasteiger partial charge in [-0.05, 0) is 32.1 Å². The van der Waals surface area contributed by atoms with Crippen molar-refractivity contribution >= 4 is 0 Å². The van der Waals surface area contributed by atoms with Crippen molar-refractivity contribution in [1.82, 2.24) is 0 Å². The van der Waals surface area contributed by atoms with Gasteiger partial charge in [0.2, 0.25) is 0 Å². The molecule has 0 fully saturated rings. The van der Waals surface area contributed by atoms with Crippen LogP contribution in [0.1, 0.15) is 219 Å². The Bertz CT molecular complexity index is 445. The van der Waals surface area contributed by atoms with E-state index >= 15 is 0 Å². The fourth-order valence-electron chi connectivity index (χ4n) is 5.60. The SMILES string of the molecule is CCCCCCCCCCCCCC/C=C/C/C=C/CCCCCCCCCCCCCCCCCCC. The third-order valence-corrected chi connectivity index (χ3v) is 8.30. The zero-order valence-corrected chi connectivity index (χ0v) is 26.9. The van der Waals surface area contributed by atoms with Gasteiger partial charge in [0.25, 0.3) is 0 Å². The molecule has 0 aliphatic rings. The molecule has 38 heavy (non-hydrogen) atoms. The third-order valence-electron chi connectivity index (χ3n) is 8.30. The highest BCUT2D eigenvalue weighted by molar-refractivity contribution is 4.92. The quantitative estimate of drug-likeness (QED) is 0.0584. The lowest BCUT2D eigenvalue weighted by molar-refractivity contribution is 0.527. The first-order valence-electron chi connectivity index (χ1n) is 18.2. The van der Waals surface area contributed by atoms with Gasteiger partial charge in [-0.15, -0.1) is 0 Å². The van der Waals surface area contributed by atoms with E-state index in [-0.39, 0.29) is 0 Å². The molecule has 226 valence electrons. The maximum Gasteiger partial charge on any atom is -0.0169 e. The summed E-state index contributed by atoms with van der Waals surface area (Å²) < 4.78 is 0. The predicted octanol–water partition coefficient (Wildman–Crippen LogP) is 14.6. The summed E-state index contributed by atoms with van der Waals surface area (Å²) in [7, 11) is 0. The highest BCUT2D eigenvalue weighted by Crippen LogP contribution is 2.15. The van der Waals surface area contributed by atoms with Gasteiger partial charge in [0, 0.05) is 0 Å². The van der Waals surface area contributed by atoms with E-state index in [9.17, 15) is 0 Å². The van der Waals surface area contributed by atoms with Crippen molar-refractivity contribution in [2.24, 2.45) is 0 Å². The predicted molar refractivity (Wildman–Crippen MR) is 177 cm³/mol. The molecule has 0 N–H and O–H groups in total. The largest absolute Gasteiger partial charge is 0.0882 e. The van der Waals surface area contributed by atoms with Crippen LogP contribution in [-0.4, -0.2) is 0 Å². The van der Waals surface area contributed by atoms with Gasteiger partial charge in [-0.25, -0.2) is 0 Å². The van der Waals surface area contributed by atoms with Crippen molar-refractivity contribution in [3.8, 4) is 0 Å². The lowest BCUT2D eigenvalue weighted by Gasteiger charge is -2.03. The van der Waals surface area contributed by atoms with Crippen LogP contribution in [0.4, 0.5) is 0 Å². The van der Waals surface area contributed by atoms with Crippen LogP contribution >= 0.6 is 0 Å². The Morgan fingerprint density at radius 3 is 0.684 bits per heavy atom. The molecule has 0 heterocycles. The van der Waals surface area contributed by atoms with Crippen LogP contribution in [-0.2, 0) is 0 Å². The topological polar surface area (TPSA) is 0 Å². The number of allylic oxidation sites excluding steroid dienone is 4. The van der Waals surface area contributed by atoms with E-state index in [2.05, 4.69) is 38.2 Å². The first-order valence-corrected chi connectivity index (χ1v) is 18.2. The number of rotatable bonds is 33. The number of unbranched alkanes of at least 4 members (excludes halogenated alkanes) is 29. The normalized spacial score (nSPS) is 11.9. The van der Waals surface area contributed by atoms with Gasteiger partial charge in [-0.2, -0.15) is 0 Å². The van der Waals surface area contributed by atoms with Crippen molar-refractivity contribution < 1.29 is 0 Å². The second-order valence-corrected chi connectivity index (χ2v) is 12.3. The lowest BCUT2D eigenvalue weighted by Crippen LogP contribution is -1.83. The van der Waals surface area contributed by atoms with Gasteiger partial charge in [0.15, 0.2) is 0 Å². The van der Waals surface area contributed by atoms with Crippen molar-refractivity contribution in [1.29, 1.82) is 0 Å². The Labute approximate surface area is 243 Å². The summed E-state index contributed by atoms with van der Waals surface area (Å²) in [6.07, 6.45) is 55.4. The Morgan fingerprint density at radius 1 is 0.237 bits per heavy atom. The minimum absolute atomic E-state index is 1.14. The first kappa shape index (κ1) is 37.5. The van der Waals surface area contributed by atoms with E-state index in [0.717, 1.165) is 6.42 Å². The second kappa shape index (κ2) is 36.5. The molecule has 0 heteroatoms. The van der Waals surface area contributed by atoms with E-state index in [1.54, 1.807) is 0 Å². The van der Waals surface area contributed by atoms with Crippen LogP contribution in [0.3, 0.4) is 0 Å². The van der Waals surface area contributed by atoms with Gasteiger partial charge in [0.05, 0.1) is 0 Å². The summed E-state index contributed by atoms with van der Waals surface area (Å²) >= 11 is 0. The molecule has 0 saturated carbocycles. The monoisotopic (exact) mass is 531 g/mol. The number of hydrogen-bond donors (Lipinski definition) is 0. The average Bonchev–Trinajstić information content (AvgIpc) is 2.93. The first-order chi connectivity index (χ1) is 18.9. The number of hydrogen-bond acceptors (Lipinski definition) is 0. The molecule has 0 aromatic carbocycles. The molecule has 0 aliphatic carbocycles. The van der Waals surface area contributed by atoms with E-state index in [1.807, 2.05) is 0 Å². The molecule has 0 nitrogen and oxygen atoms in total. The summed E-state index contributed by atoms with van der Waals surface area (Å²) in [5, 5.41) is 0. The summed E-state index contributed by atoms with van der Waals surface area (Å²) in [6, 6.07) is 0. The van der Waals surface area contributed by atoms with Crippen molar-refractivity contribution in [3.63, 3.8) is 0 Å². The summed E-state index contributed by atoms with van der Waals surface area (Å²) in [6.45, 7) is 4.61. The summed E-state index contributed by atoms with van der Waals surface area (Å²) in [5.41, 5.74) is 0. The molecule has 0 saturated heterocycles. The molecule has 0 unspecified atom stereocenters. The van der Waals surface area contributed by atoms with Gasteiger partial charge in [-0.1, -0.05) is 212 Å². The van der Waals surface area contributed by atoms with Crippen molar-refractivity contribution in [2.75, 3.05) is 0 Å². The van der Waals surface area contributed by atoms with Gasteiger partial charge >= 0.3 is 0 Å². The maximum atomic E-state index is 2.42. The summed E-state index contributed by atoms with van der Waals surface area (Å²) in [5.74, 6) is 0. The van der Waals surface area contributed by atoms with Crippen LogP contribution in [0.15, 0.2) is 24.3 Å². The van der Waals surface area contributed by atoms with Crippen LogP contribution in [0.25, 0.3) is 0 Å². The molecule has 0 aromatic heterocycles. The molecule has 0 atom stereocenters. The average molecular weight is 531 g/mol. The Morgan fingerprint density at radius 2 is 0.447 bits per heavy atom. The molecule has 0 radical (unpaired) electrons. The smallest absolute Gasteiger partial charge is 0.0169 e. The molecular formula is C38H74. The maximum absolute atomic E-state index is 2.42. The van der Waals surface area contributed by atoms with Crippen LogP contribution in [0.2, 0.25) is 0 Å². The molecule has 0 aromatic rings. The Balaban J connectivity index is 3.14. The summed E-state index contributed by atoms with van der Waals surface area (Å²) in [4.78, 5) is 0. The van der Waals surface area contributed by atoms with Crippen LogP contribution in [0, 0.1) is 0 Å². The fourth-order valence-corrected chi connectivity index (χ4v) is 5.60. The van der Waals surface area contributed by atoms with Crippen molar-refractivity contribution in [2.45, 2.75) is 219 Å². The third kappa shape index (κ3) is 35.5. The molecule has 0 spiro atoms. The molecular weight excluding hydrogens is 456 g/mol. The minimum atomic E-state index is 1.14. The van der Waals surface area contributed by atoms with Gasteiger partial charge in [0.1, 0.15) is 0 Å². The molecule has 0 amide bonds. The molecule has 0 rings (SSSR count). The molecule has 0 bridgehead atoms. The minimum Gasteiger partial charge on any atom is -0.0882 e. The fraction of sp³-hybridized carbons (Fsp3) is 0.895. The lowest BCUT2D eigenvalue weighted by atomic mass is 10.0. The van der Waals surface area contributed by atoms with E-state index in [1.165, 1.54) is 199 Å². The standard InChI is InChI=1S/C38H74/c1-3-5-7-9-11-13-15-17-19-21-23-25-27-29-31-33-35-37-38-36-34-32-30-28-26-24-22-20-18-16-14-12-10-8-6-4-2/h29,31,35,37H,3-28,30,32-34,36,38H2,1-2H3/b31-29+,37-35+. The highest BCUT2D eigenvalue weighted by Gasteiger charge is 1.95. The molecule has 0 aliphatic heterocycles. The second-order valence-electron chi connectivity index (χ2n) is 12.3.